The number of piperidine rings is 1. The van der Waals surface area contributed by atoms with Gasteiger partial charge in [-0.3, -0.25) is 0 Å². The summed E-state index contributed by atoms with van der Waals surface area (Å²) < 4.78 is 30.0. The largest absolute Gasteiger partial charge is 0.317 e. The van der Waals surface area contributed by atoms with Crippen LogP contribution in [0.2, 0.25) is 0 Å². The highest BCUT2D eigenvalue weighted by Gasteiger charge is 2.48. The number of fused-ring (bicyclic) bond motifs is 1. The molecule has 2 aliphatic rings. The van der Waals surface area contributed by atoms with Gasteiger partial charge in [0.15, 0.2) is 0 Å². The molecule has 1 fully saturated rings. The first kappa shape index (κ1) is 16.1. The molecule has 1 spiro atoms. The van der Waals surface area contributed by atoms with Crippen LogP contribution in [0.3, 0.4) is 0 Å². The first-order valence-electron chi connectivity index (χ1n) is 8.00. The van der Waals surface area contributed by atoms with E-state index in [1.165, 1.54) is 6.07 Å². The Bertz CT molecular complexity index is 591. The molecule has 5 heteroatoms. The smallest absolute Gasteiger partial charge is 0.128 e. The fourth-order valence-corrected chi connectivity index (χ4v) is 4.64. The summed E-state index contributed by atoms with van der Waals surface area (Å²) in [5.41, 5.74) is 1.80. The molecule has 3 rings (SSSR count). The molecule has 1 aromatic carbocycles. The van der Waals surface area contributed by atoms with Gasteiger partial charge in [0.25, 0.3) is 0 Å². The number of benzene rings is 1. The summed E-state index contributed by atoms with van der Waals surface area (Å²) in [7, 11) is -1.21. The maximum Gasteiger partial charge on any atom is 0.128 e. The van der Waals surface area contributed by atoms with Crippen molar-refractivity contribution in [3.05, 3.63) is 35.1 Å². The number of hydrogen-bond donors (Lipinski definition) is 2. The lowest BCUT2D eigenvalue weighted by atomic mass is 9.73. The standard InChI is InChI=1S/C17H25FN2OS/c1-16(2,3)22(21)20-15-14-12(5-4-6-13(14)18)11-17(15)7-9-19-10-8-17/h4-6,15,19-20H,7-11H2,1-3H3/t15?,22-/m1/s1. The fourth-order valence-electron chi connectivity index (χ4n) is 3.70. The third-order valence-corrected chi connectivity index (χ3v) is 6.53. The maximum atomic E-state index is 14.5. The Hall–Kier alpha value is -0.780. The van der Waals surface area contributed by atoms with Crippen molar-refractivity contribution < 1.29 is 8.60 Å². The van der Waals surface area contributed by atoms with Crippen molar-refractivity contribution in [3.63, 3.8) is 0 Å². The Morgan fingerprint density at radius 3 is 2.64 bits per heavy atom. The van der Waals surface area contributed by atoms with E-state index >= 15 is 0 Å². The van der Waals surface area contributed by atoms with Crippen molar-refractivity contribution in [3.8, 4) is 0 Å². The van der Waals surface area contributed by atoms with Crippen LogP contribution in [-0.2, 0) is 17.4 Å². The van der Waals surface area contributed by atoms with E-state index in [9.17, 15) is 8.60 Å². The van der Waals surface area contributed by atoms with E-state index in [2.05, 4.69) is 10.0 Å². The topological polar surface area (TPSA) is 41.1 Å². The van der Waals surface area contributed by atoms with Crippen molar-refractivity contribution in [2.24, 2.45) is 5.41 Å². The summed E-state index contributed by atoms with van der Waals surface area (Å²) in [6, 6.07) is 5.16. The van der Waals surface area contributed by atoms with Crippen LogP contribution in [0.25, 0.3) is 0 Å². The molecule has 0 bridgehead atoms. The second-order valence-corrected chi connectivity index (χ2v) is 9.53. The summed E-state index contributed by atoms with van der Waals surface area (Å²) in [6.45, 7) is 7.72. The molecule has 1 aliphatic heterocycles. The lowest BCUT2D eigenvalue weighted by Crippen LogP contribution is -2.46. The van der Waals surface area contributed by atoms with Crippen LogP contribution in [-0.4, -0.2) is 22.0 Å². The highest BCUT2D eigenvalue weighted by Crippen LogP contribution is 2.52. The van der Waals surface area contributed by atoms with Gasteiger partial charge >= 0.3 is 0 Å². The molecule has 3 nitrogen and oxygen atoms in total. The summed E-state index contributed by atoms with van der Waals surface area (Å²) >= 11 is 0. The minimum atomic E-state index is -1.21. The molecule has 1 aliphatic carbocycles. The fraction of sp³-hybridized carbons (Fsp3) is 0.647. The van der Waals surface area contributed by atoms with E-state index < -0.39 is 11.0 Å². The van der Waals surface area contributed by atoms with Gasteiger partial charge in [0.2, 0.25) is 0 Å². The van der Waals surface area contributed by atoms with Crippen LogP contribution in [0.15, 0.2) is 18.2 Å². The number of rotatable bonds is 2. The second kappa shape index (κ2) is 5.69. The summed E-state index contributed by atoms with van der Waals surface area (Å²) in [5, 5.41) is 3.38. The molecule has 0 saturated carbocycles. The Balaban J connectivity index is 1.99. The maximum absolute atomic E-state index is 14.5. The molecule has 0 radical (unpaired) electrons. The monoisotopic (exact) mass is 324 g/mol. The van der Waals surface area contributed by atoms with Crippen molar-refractivity contribution in [1.82, 2.24) is 10.0 Å². The lowest BCUT2D eigenvalue weighted by molar-refractivity contribution is 0.163. The number of nitrogens with one attached hydrogen (secondary N) is 2. The first-order chi connectivity index (χ1) is 10.3. The van der Waals surface area contributed by atoms with E-state index in [4.69, 9.17) is 0 Å². The Kier molecular flexibility index (Phi) is 4.16. The normalized spacial score (nSPS) is 25.2. The molecule has 1 unspecified atom stereocenters. The van der Waals surface area contributed by atoms with Gasteiger partial charge < -0.3 is 5.32 Å². The van der Waals surface area contributed by atoms with Gasteiger partial charge in [-0.2, -0.15) is 0 Å². The molecule has 2 N–H and O–H groups in total. The quantitative estimate of drug-likeness (QED) is 0.878. The van der Waals surface area contributed by atoms with Crippen LogP contribution in [0.4, 0.5) is 4.39 Å². The number of halogens is 1. The molecular weight excluding hydrogens is 299 g/mol. The van der Waals surface area contributed by atoms with E-state index in [0.29, 0.717) is 0 Å². The molecular formula is C17H25FN2OS. The van der Waals surface area contributed by atoms with Crippen LogP contribution in [0, 0.1) is 11.2 Å². The SMILES string of the molecule is CC(C)(C)[S@@](=O)NC1c2c(F)cccc2CC12CCNCC2. The highest BCUT2D eigenvalue weighted by atomic mass is 32.2. The van der Waals surface area contributed by atoms with E-state index in [-0.39, 0.29) is 22.0 Å². The Labute approximate surface area is 134 Å². The van der Waals surface area contributed by atoms with Gasteiger partial charge in [0, 0.05) is 5.56 Å². The summed E-state index contributed by atoms with van der Waals surface area (Å²) in [4.78, 5) is 0. The summed E-state index contributed by atoms with van der Waals surface area (Å²) in [5.74, 6) is -0.170. The third-order valence-electron chi connectivity index (χ3n) is 4.97. The zero-order valence-corrected chi connectivity index (χ0v) is 14.4. The molecule has 0 aromatic heterocycles. The van der Waals surface area contributed by atoms with Crippen molar-refractivity contribution >= 4 is 11.0 Å². The zero-order chi connectivity index (χ0) is 16.0. The van der Waals surface area contributed by atoms with E-state index in [1.54, 1.807) is 6.07 Å². The van der Waals surface area contributed by atoms with Gasteiger partial charge in [0.05, 0.1) is 21.8 Å². The zero-order valence-electron chi connectivity index (χ0n) is 13.5. The molecule has 0 amide bonds. The van der Waals surface area contributed by atoms with Crippen LogP contribution in [0.1, 0.15) is 50.8 Å². The van der Waals surface area contributed by atoms with Gasteiger partial charge in [0.1, 0.15) is 5.82 Å². The van der Waals surface area contributed by atoms with Crippen molar-refractivity contribution in [2.45, 2.75) is 50.8 Å². The predicted octanol–water partition coefficient (Wildman–Crippen LogP) is 2.84. The average Bonchev–Trinajstić information content (AvgIpc) is 2.73. The Morgan fingerprint density at radius 1 is 1.32 bits per heavy atom. The minimum absolute atomic E-state index is 0.0172. The van der Waals surface area contributed by atoms with Gasteiger partial charge in [-0.25, -0.2) is 13.3 Å². The van der Waals surface area contributed by atoms with Gasteiger partial charge in [-0.1, -0.05) is 12.1 Å². The Morgan fingerprint density at radius 2 is 2.00 bits per heavy atom. The minimum Gasteiger partial charge on any atom is -0.317 e. The molecule has 22 heavy (non-hydrogen) atoms. The van der Waals surface area contributed by atoms with Crippen molar-refractivity contribution in [2.75, 3.05) is 13.1 Å². The lowest BCUT2D eigenvalue weighted by Gasteiger charge is -2.40. The molecule has 2 atom stereocenters. The van der Waals surface area contributed by atoms with Gasteiger partial charge in [-0.05, 0) is 70.2 Å². The third kappa shape index (κ3) is 2.74. The van der Waals surface area contributed by atoms with Crippen LogP contribution < -0.4 is 10.0 Å². The number of hydrogen-bond acceptors (Lipinski definition) is 2. The van der Waals surface area contributed by atoms with Crippen molar-refractivity contribution in [1.29, 1.82) is 0 Å². The van der Waals surface area contributed by atoms with E-state index in [1.807, 2.05) is 26.8 Å². The predicted molar refractivity (Wildman–Crippen MR) is 88.4 cm³/mol. The van der Waals surface area contributed by atoms with Gasteiger partial charge in [-0.15, -0.1) is 0 Å². The molecule has 122 valence electrons. The molecule has 1 heterocycles. The molecule has 1 saturated heterocycles. The summed E-state index contributed by atoms with van der Waals surface area (Å²) in [6.07, 6.45) is 2.85. The van der Waals surface area contributed by atoms with E-state index in [0.717, 1.165) is 43.5 Å². The first-order valence-corrected chi connectivity index (χ1v) is 9.15. The van der Waals surface area contributed by atoms with Crippen LogP contribution in [0.5, 0.6) is 0 Å². The van der Waals surface area contributed by atoms with Crippen LogP contribution >= 0.6 is 0 Å². The highest BCUT2D eigenvalue weighted by molar-refractivity contribution is 7.84. The average molecular weight is 324 g/mol. The second-order valence-electron chi connectivity index (χ2n) is 7.53. The molecule has 1 aromatic rings.